The van der Waals surface area contributed by atoms with E-state index in [4.69, 9.17) is 0 Å². The molecule has 0 spiro atoms. The van der Waals surface area contributed by atoms with Crippen LogP contribution in [0, 0.1) is 0 Å². The average Bonchev–Trinajstić information content (AvgIpc) is 1.98. The topological polar surface area (TPSA) is 40.5 Å². The molecule has 0 saturated heterocycles. The summed E-state index contributed by atoms with van der Waals surface area (Å²) in [6, 6.07) is 0. The maximum Gasteiger partial charge on any atom is 0.0927 e. The molecule has 4 atom stereocenters. The Morgan fingerprint density at radius 1 is 1.00 bits per heavy atom. The van der Waals surface area contributed by atoms with Crippen molar-refractivity contribution < 1.29 is 10.2 Å². The summed E-state index contributed by atoms with van der Waals surface area (Å²) in [6.07, 6.45) is -0.0938. The summed E-state index contributed by atoms with van der Waals surface area (Å²) in [6.45, 7) is 0. The second-order valence-corrected chi connectivity index (χ2v) is 5.45. The third-order valence-corrected chi connectivity index (χ3v) is 4.03. The molecular formula is C5H8I2O2. The van der Waals surface area contributed by atoms with Crippen LogP contribution in [0.4, 0.5) is 0 Å². The molecule has 0 aliphatic heterocycles. The number of hydrogen-bond acceptors (Lipinski definition) is 2. The van der Waals surface area contributed by atoms with Crippen molar-refractivity contribution in [3.63, 3.8) is 0 Å². The Hall–Kier alpha value is 1.38. The molecule has 0 amide bonds. The van der Waals surface area contributed by atoms with E-state index < -0.39 is 12.2 Å². The summed E-state index contributed by atoms with van der Waals surface area (Å²) in [7, 11) is 0. The number of alkyl halides is 2. The lowest BCUT2D eigenvalue weighted by molar-refractivity contribution is 0.0525. The van der Waals surface area contributed by atoms with Gasteiger partial charge in [0, 0.05) is 7.85 Å². The molecule has 9 heavy (non-hydrogen) atoms. The third kappa shape index (κ3) is 1.69. The van der Waals surface area contributed by atoms with Gasteiger partial charge in [-0.1, -0.05) is 45.2 Å². The molecule has 0 aromatic heterocycles. The Morgan fingerprint density at radius 3 is 1.44 bits per heavy atom. The minimum atomic E-state index is -0.507. The first-order chi connectivity index (χ1) is 4.13. The van der Waals surface area contributed by atoms with E-state index in [9.17, 15) is 10.2 Å². The summed E-state index contributed by atoms with van der Waals surface area (Å²) in [5, 5.41) is 18.3. The number of aliphatic hydroxyl groups is 2. The fraction of sp³-hybridized carbons (Fsp3) is 1.00. The number of rotatable bonds is 0. The van der Waals surface area contributed by atoms with Gasteiger partial charge >= 0.3 is 0 Å². The van der Waals surface area contributed by atoms with Crippen LogP contribution in [0.3, 0.4) is 0 Å². The zero-order valence-electron chi connectivity index (χ0n) is 4.67. The molecule has 0 bridgehead atoms. The summed E-state index contributed by atoms with van der Waals surface area (Å²) < 4.78 is 0.471. The van der Waals surface area contributed by atoms with Gasteiger partial charge in [-0.15, -0.1) is 0 Å². The maximum atomic E-state index is 9.17. The fourth-order valence-corrected chi connectivity index (χ4v) is 3.84. The summed E-state index contributed by atoms with van der Waals surface area (Å²) in [4.78, 5) is 0. The molecule has 54 valence electrons. The first-order valence-corrected chi connectivity index (χ1v) is 5.26. The Morgan fingerprint density at radius 2 is 1.33 bits per heavy atom. The maximum absolute atomic E-state index is 9.17. The molecule has 0 aromatic rings. The molecular weight excluding hydrogens is 346 g/mol. The summed E-state index contributed by atoms with van der Waals surface area (Å²) in [5.41, 5.74) is 0. The van der Waals surface area contributed by atoms with Crippen LogP contribution >= 0.6 is 45.2 Å². The number of hydrogen-bond donors (Lipinski definition) is 2. The van der Waals surface area contributed by atoms with Crippen LogP contribution in [-0.2, 0) is 0 Å². The standard InChI is InChI=1S/C5H8I2O2/c6-2-1-3(7)5(9)4(2)8/h2-5,8-9H,1H2. The fourth-order valence-electron chi connectivity index (χ4n) is 0.922. The normalized spacial score (nSPS) is 52.0. The minimum Gasteiger partial charge on any atom is -0.389 e. The quantitative estimate of drug-likeness (QED) is 0.497. The molecule has 2 N–H and O–H groups in total. The summed E-state index contributed by atoms with van der Waals surface area (Å²) >= 11 is 4.35. The van der Waals surface area contributed by atoms with Crippen LogP contribution in [-0.4, -0.2) is 30.3 Å². The van der Waals surface area contributed by atoms with Crippen LogP contribution in [0.5, 0.6) is 0 Å². The van der Waals surface area contributed by atoms with Crippen molar-refractivity contribution >= 4 is 45.2 Å². The second-order valence-electron chi connectivity index (χ2n) is 2.25. The molecule has 1 saturated carbocycles. The number of aliphatic hydroxyl groups excluding tert-OH is 2. The number of halogens is 2. The zero-order chi connectivity index (χ0) is 7.02. The molecule has 4 unspecified atom stereocenters. The first kappa shape index (κ1) is 8.48. The molecule has 1 aliphatic rings. The van der Waals surface area contributed by atoms with Crippen molar-refractivity contribution in [2.75, 3.05) is 0 Å². The lowest BCUT2D eigenvalue weighted by Crippen LogP contribution is -2.28. The minimum absolute atomic E-state index is 0.236. The highest BCUT2D eigenvalue weighted by atomic mass is 127. The van der Waals surface area contributed by atoms with E-state index in [1.165, 1.54) is 0 Å². The van der Waals surface area contributed by atoms with Gasteiger partial charge < -0.3 is 10.2 Å². The first-order valence-electron chi connectivity index (χ1n) is 2.77. The van der Waals surface area contributed by atoms with Crippen molar-refractivity contribution in [1.29, 1.82) is 0 Å². The zero-order valence-corrected chi connectivity index (χ0v) is 8.98. The van der Waals surface area contributed by atoms with Crippen LogP contribution in [0.2, 0.25) is 0 Å². The van der Waals surface area contributed by atoms with Gasteiger partial charge in [0.15, 0.2) is 0 Å². The van der Waals surface area contributed by atoms with E-state index in [0.29, 0.717) is 0 Å². The van der Waals surface area contributed by atoms with E-state index in [1.807, 2.05) is 0 Å². The Bertz CT molecular complexity index is 97.1. The monoisotopic (exact) mass is 354 g/mol. The van der Waals surface area contributed by atoms with Gasteiger partial charge in [0.05, 0.1) is 12.2 Å². The van der Waals surface area contributed by atoms with Gasteiger partial charge in [0.1, 0.15) is 0 Å². The lowest BCUT2D eigenvalue weighted by Gasteiger charge is -2.10. The lowest BCUT2D eigenvalue weighted by atomic mass is 10.3. The largest absolute Gasteiger partial charge is 0.389 e. The smallest absolute Gasteiger partial charge is 0.0927 e. The third-order valence-electron chi connectivity index (χ3n) is 1.54. The highest BCUT2D eigenvalue weighted by Gasteiger charge is 2.38. The van der Waals surface area contributed by atoms with Gasteiger partial charge in [0.2, 0.25) is 0 Å². The van der Waals surface area contributed by atoms with Crippen molar-refractivity contribution in [2.45, 2.75) is 26.5 Å². The Labute approximate surface area is 81.3 Å². The van der Waals surface area contributed by atoms with Crippen LogP contribution in [0.15, 0.2) is 0 Å². The van der Waals surface area contributed by atoms with E-state index in [-0.39, 0.29) is 7.85 Å². The van der Waals surface area contributed by atoms with E-state index in [2.05, 4.69) is 45.2 Å². The van der Waals surface area contributed by atoms with E-state index in [0.717, 1.165) is 6.42 Å². The SMILES string of the molecule is OC1C(I)CC(I)C1O. The van der Waals surface area contributed by atoms with Crippen LogP contribution in [0.1, 0.15) is 6.42 Å². The van der Waals surface area contributed by atoms with Gasteiger partial charge in [0.25, 0.3) is 0 Å². The second kappa shape index (κ2) is 3.19. The van der Waals surface area contributed by atoms with Crippen molar-refractivity contribution in [3.8, 4) is 0 Å². The van der Waals surface area contributed by atoms with Gasteiger partial charge in [-0.25, -0.2) is 0 Å². The predicted molar refractivity (Wildman–Crippen MR) is 52.2 cm³/mol. The van der Waals surface area contributed by atoms with Gasteiger partial charge in [-0.05, 0) is 6.42 Å². The van der Waals surface area contributed by atoms with Crippen molar-refractivity contribution in [2.24, 2.45) is 0 Å². The van der Waals surface area contributed by atoms with Gasteiger partial charge in [-0.3, -0.25) is 0 Å². The van der Waals surface area contributed by atoms with Crippen LogP contribution < -0.4 is 0 Å². The molecule has 1 fully saturated rings. The molecule has 2 nitrogen and oxygen atoms in total. The average molecular weight is 354 g/mol. The predicted octanol–water partition coefficient (Wildman–Crippen LogP) is 0.719. The Balaban J connectivity index is 2.54. The van der Waals surface area contributed by atoms with Gasteiger partial charge in [-0.2, -0.15) is 0 Å². The molecule has 0 aromatic carbocycles. The molecule has 0 radical (unpaired) electrons. The molecule has 0 heterocycles. The van der Waals surface area contributed by atoms with Crippen molar-refractivity contribution in [1.82, 2.24) is 0 Å². The molecule has 4 heteroatoms. The van der Waals surface area contributed by atoms with Crippen molar-refractivity contribution in [3.05, 3.63) is 0 Å². The summed E-state index contributed by atoms with van der Waals surface area (Å²) in [5.74, 6) is 0. The van der Waals surface area contributed by atoms with Crippen LogP contribution in [0.25, 0.3) is 0 Å². The Kier molecular flexibility index (Phi) is 3.00. The highest BCUT2D eigenvalue weighted by Crippen LogP contribution is 2.31. The molecule has 1 aliphatic carbocycles. The molecule has 1 rings (SSSR count). The van der Waals surface area contributed by atoms with E-state index in [1.54, 1.807) is 0 Å². The van der Waals surface area contributed by atoms with E-state index >= 15 is 0 Å². The highest BCUT2D eigenvalue weighted by molar-refractivity contribution is 14.1.